The monoisotopic (exact) mass is 177 g/mol. The Bertz CT molecular complexity index is 204. The summed E-state index contributed by atoms with van der Waals surface area (Å²) in [6.45, 7) is 9.64. The molecule has 0 aliphatic heterocycles. The molecular formula is C8H19NOS. The van der Waals surface area contributed by atoms with Crippen LogP contribution in [0.4, 0.5) is 0 Å². The van der Waals surface area contributed by atoms with Crippen LogP contribution in [-0.2, 0) is 9.73 Å². The minimum atomic E-state index is -2.38. The molecule has 0 unspecified atom stereocenters. The topological polar surface area (TPSA) is 40.9 Å². The highest BCUT2D eigenvalue weighted by Crippen LogP contribution is 2.16. The van der Waals surface area contributed by atoms with E-state index in [1.54, 1.807) is 0 Å². The molecule has 0 radical (unpaired) electrons. The highest BCUT2D eigenvalue weighted by atomic mass is 32.2. The zero-order chi connectivity index (χ0) is 9.23. The van der Waals surface area contributed by atoms with Crippen LogP contribution in [0.2, 0.25) is 0 Å². The third kappa shape index (κ3) is 2.47. The molecule has 0 saturated carbocycles. The van der Waals surface area contributed by atoms with Crippen molar-refractivity contribution in [3.8, 4) is 0 Å². The van der Waals surface area contributed by atoms with Crippen molar-refractivity contribution in [2.75, 3.05) is 0 Å². The second-order valence-corrected chi connectivity index (χ2v) is 6.63. The van der Waals surface area contributed by atoms with Gasteiger partial charge in [-0.15, -0.1) is 0 Å². The molecule has 0 aromatic heterocycles. The molecule has 68 valence electrons. The molecule has 0 fully saturated rings. The summed E-state index contributed by atoms with van der Waals surface area (Å²) in [6, 6.07) is 0. The molecule has 2 nitrogen and oxygen atoms in total. The molecule has 0 aliphatic rings. The van der Waals surface area contributed by atoms with Gasteiger partial charge in [-0.05, 0) is 12.8 Å². The van der Waals surface area contributed by atoms with Gasteiger partial charge in [-0.1, -0.05) is 27.7 Å². The van der Waals surface area contributed by atoms with E-state index in [1.807, 2.05) is 34.6 Å². The fourth-order valence-corrected chi connectivity index (χ4v) is 2.50. The number of hydrogen-bond donors (Lipinski definition) is 1. The van der Waals surface area contributed by atoms with Gasteiger partial charge in [-0.3, -0.25) is 4.78 Å². The zero-order valence-electron chi connectivity index (χ0n) is 8.05. The van der Waals surface area contributed by atoms with Crippen LogP contribution in [0, 0.1) is 10.7 Å². The van der Waals surface area contributed by atoms with Gasteiger partial charge in [0.05, 0.1) is 0 Å². The molecular weight excluding hydrogens is 158 g/mol. The summed E-state index contributed by atoms with van der Waals surface area (Å²) >= 11 is 0. The van der Waals surface area contributed by atoms with Crippen LogP contribution >= 0.6 is 0 Å². The Hall–Kier alpha value is -0.0500. The van der Waals surface area contributed by atoms with Gasteiger partial charge in [0.2, 0.25) is 0 Å². The number of rotatable bonds is 3. The van der Waals surface area contributed by atoms with Crippen LogP contribution in [0.25, 0.3) is 0 Å². The van der Waals surface area contributed by atoms with Crippen LogP contribution in [0.15, 0.2) is 0 Å². The van der Waals surface area contributed by atoms with Crippen molar-refractivity contribution in [3.63, 3.8) is 0 Å². The first-order valence-corrected chi connectivity index (χ1v) is 5.75. The molecule has 0 spiro atoms. The lowest BCUT2D eigenvalue weighted by molar-refractivity contribution is 0.592. The maximum atomic E-state index is 11.7. The largest absolute Gasteiger partial charge is 0.252 e. The van der Waals surface area contributed by atoms with Crippen LogP contribution in [0.5, 0.6) is 0 Å². The molecule has 0 aromatic rings. The normalized spacial score (nSPS) is 20.3. The molecule has 2 atom stereocenters. The highest BCUT2D eigenvalue weighted by Gasteiger charge is 2.22. The molecule has 0 aromatic carbocycles. The summed E-state index contributed by atoms with van der Waals surface area (Å²) in [5, 5.41) is -0.0256. The van der Waals surface area contributed by atoms with Crippen molar-refractivity contribution in [1.29, 1.82) is 4.78 Å². The van der Waals surface area contributed by atoms with Gasteiger partial charge in [0, 0.05) is 20.2 Å². The van der Waals surface area contributed by atoms with Gasteiger partial charge in [0.1, 0.15) is 0 Å². The van der Waals surface area contributed by atoms with E-state index in [9.17, 15) is 4.21 Å². The first kappa shape index (κ1) is 11.0. The van der Waals surface area contributed by atoms with Crippen LogP contribution in [0.3, 0.4) is 0 Å². The Morgan fingerprint density at radius 1 is 1.09 bits per heavy atom. The molecule has 0 bridgehead atoms. The molecule has 0 saturated heterocycles. The molecule has 0 amide bonds. The fourth-order valence-electron chi connectivity index (χ4n) is 0.834. The third-order valence-electron chi connectivity index (χ3n) is 2.19. The van der Waals surface area contributed by atoms with Crippen molar-refractivity contribution >= 4 is 9.73 Å². The van der Waals surface area contributed by atoms with Gasteiger partial charge in [0.15, 0.2) is 0 Å². The highest BCUT2D eigenvalue weighted by molar-refractivity contribution is 7.93. The summed E-state index contributed by atoms with van der Waals surface area (Å²) < 4.78 is 19.3. The summed E-state index contributed by atoms with van der Waals surface area (Å²) in [6.07, 6.45) is 0. The van der Waals surface area contributed by atoms with E-state index in [-0.39, 0.29) is 10.5 Å². The number of hydrogen-bond acceptors (Lipinski definition) is 2. The van der Waals surface area contributed by atoms with E-state index in [0.717, 1.165) is 0 Å². The first-order valence-electron chi connectivity index (χ1n) is 4.06. The lowest BCUT2D eigenvalue weighted by atomic mass is 10.2. The maximum Gasteiger partial charge on any atom is 0.0494 e. The van der Waals surface area contributed by atoms with Gasteiger partial charge in [0.25, 0.3) is 0 Å². The zero-order valence-corrected chi connectivity index (χ0v) is 8.87. The molecule has 1 N–H and O–H groups in total. The van der Waals surface area contributed by atoms with Crippen molar-refractivity contribution in [2.24, 2.45) is 5.92 Å². The van der Waals surface area contributed by atoms with E-state index in [2.05, 4.69) is 0 Å². The van der Waals surface area contributed by atoms with Gasteiger partial charge in [-0.25, -0.2) is 4.21 Å². The summed E-state index contributed by atoms with van der Waals surface area (Å²) in [7, 11) is -2.38. The summed E-state index contributed by atoms with van der Waals surface area (Å²) in [5.74, 6) is 0.336. The lowest BCUT2D eigenvalue weighted by Gasteiger charge is -2.21. The van der Waals surface area contributed by atoms with Crippen molar-refractivity contribution in [1.82, 2.24) is 0 Å². The second kappa shape index (κ2) is 3.57. The smallest absolute Gasteiger partial charge is 0.0494 e. The van der Waals surface area contributed by atoms with Crippen molar-refractivity contribution in [3.05, 3.63) is 0 Å². The predicted molar refractivity (Wildman–Crippen MR) is 50.3 cm³/mol. The Morgan fingerprint density at radius 3 is 1.55 bits per heavy atom. The van der Waals surface area contributed by atoms with Gasteiger partial charge < -0.3 is 0 Å². The van der Waals surface area contributed by atoms with Crippen molar-refractivity contribution in [2.45, 2.75) is 45.1 Å². The average Bonchev–Trinajstić information content (AvgIpc) is 1.85. The van der Waals surface area contributed by atoms with Crippen LogP contribution in [0.1, 0.15) is 34.6 Å². The van der Waals surface area contributed by atoms with Gasteiger partial charge in [-0.2, -0.15) is 0 Å². The van der Waals surface area contributed by atoms with Crippen LogP contribution < -0.4 is 0 Å². The quantitative estimate of drug-likeness (QED) is 0.707. The molecule has 0 rings (SSSR count). The van der Waals surface area contributed by atoms with Crippen LogP contribution in [-0.4, -0.2) is 14.7 Å². The number of nitrogens with one attached hydrogen (secondary N) is 1. The predicted octanol–water partition coefficient (Wildman–Crippen LogP) is 2.49. The second-order valence-electron chi connectivity index (χ2n) is 3.65. The third-order valence-corrected chi connectivity index (χ3v) is 5.24. The Labute approximate surface area is 70.4 Å². The lowest BCUT2D eigenvalue weighted by Crippen LogP contribution is -2.28. The SMILES string of the molecule is CC(C)[C@@H](C)[S@](=N)(=O)C(C)C. The average molecular weight is 177 g/mol. The van der Waals surface area contributed by atoms with Crippen molar-refractivity contribution < 1.29 is 4.21 Å². The Morgan fingerprint density at radius 2 is 1.45 bits per heavy atom. The molecule has 3 heteroatoms. The maximum absolute atomic E-state index is 11.7. The van der Waals surface area contributed by atoms with E-state index in [0.29, 0.717) is 5.92 Å². The Kier molecular flexibility index (Phi) is 3.55. The minimum Gasteiger partial charge on any atom is -0.252 e. The Balaban J connectivity index is 4.58. The summed E-state index contributed by atoms with van der Waals surface area (Å²) in [4.78, 5) is 0. The molecule has 11 heavy (non-hydrogen) atoms. The van der Waals surface area contributed by atoms with Gasteiger partial charge >= 0.3 is 0 Å². The van der Waals surface area contributed by atoms with E-state index in [1.165, 1.54) is 0 Å². The molecule has 0 heterocycles. The molecule has 0 aliphatic carbocycles. The first-order chi connectivity index (χ1) is 4.80. The van der Waals surface area contributed by atoms with E-state index in [4.69, 9.17) is 4.78 Å². The fraction of sp³-hybridized carbons (Fsp3) is 1.00. The standard InChI is InChI=1S/C8H19NOS/c1-6(2)8(5)11(9,10)7(3)4/h6-9H,1-5H3/t8-,11-/m1/s1. The van der Waals surface area contributed by atoms with E-state index < -0.39 is 9.73 Å². The summed E-state index contributed by atoms with van der Waals surface area (Å²) in [5.41, 5.74) is 0. The van der Waals surface area contributed by atoms with E-state index >= 15 is 0 Å². The minimum absolute atomic E-state index is 0.00231.